The predicted molar refractivity (Wildman–Crippen MR) is 92.0 cm³/mol. The van der Waals surface area contributed by atoms with Gasteiger partial charge in [-0.1, -0.05) is 0 Å². The molecule has 5 nitrogen and oxygen atoms in total. The minimum Gasteiger partial charge on any atom is -0.494 e. The lowest BCUT2D eigenvalue weighted by Gasteiger charge is -2.05. The number of rotatable bonds is 3. The molecule has 0 atom stereocenters. The van der Waals surface area contributed by atoms with Crippen molar-refractivity contribution in [2.24, 2.45) is 0 Å². The molecule has 4 aromatic rings. The van der Waals surface area contributed by atoms with Gasteiger partial charge in [-0.25, -0.2) is 4.39 Å². The van der Waals surface area contributed by atoms with Crippen LogP contribution in [0.2, 0.25) is 0 Å². The Balaban J connectivity index is 1.89. The van der Waals surface area contributed by atoms with Crippen LogP contribution in [-0.2, 0) is 0 Å². The van der Waals surface area contributed by atoms with Crippen LogP contribution in [0.4, 0.5) is 8.78 Å². The average Bonchev–Trinajstić information content (AvgIpc) is 3.08. The van der Waals surface area contributed by atoms with E-state index in [1.807, 2.05) is 0 Å². The molecule has 26 heavy (non-hydrogen) atoms. The monoisotopic (exact) mass is 354 g/mol. The summed E-state index contributed by atoms with van der Waals surface area (Å²) in [7, 11) is 1.26. The third kappa shape index (κ3) is 2.54. The Labute approximate surface area is 145 Å². The minimum absolute atomic E-state index is 0.0336. The van der Waals surface area contributed by atoms with Crippen LogP contribution in [0.15, 0.2) is 58.0 Å². The van der Waals surface area contributed by atoms with Gasteiger partial charge in [0.05, 0.1) is 12.7 Å². The number of ether oxygens (including phenoxy) is 1. The number of fused-ring (bicyclic) bond motifs is 1. The van der Waals surface area contributed by atoms with Crippen LogP contribution in [0.25, 0.3) is 33.6 Å². The third-order valence-electron chi connectivity index (χ3n) is 4.04. The summed E-state index contributed by atoms with van der Waals surface area (Å²) in [4.78, 5) is 18.0. The lowest BCUT2D eigenvalue weighted by molar-refractivity contribution is 0.372. The van der Waals surface area contributed by atoms with Crippen LogP contribution in [0.5, 0.6) is 5.75 Å². The number of pyridine rings is 2. The predicted octanol–water partition coefficient (Wildman–Crippen LogP) is 4.14. The molecule has 0 aliphatic carbocycles. The van der Waals surface area contributed by atoms with Crippen LogP contribution in [0, 0.1) is 11.6 Å². The molecule has 1 aromatic carbocycles. The van der Waals surface area contributed by atoms with Gasteiger partial charge in [0, 0.05) is 35.7 Å². The van der Waals surface area contributed by atoms with Crippen molar-refractivity contribution < 1.29 is 17.9 Å². The number of nitrogens with one attached hydrogen (secondary N) is 1. The van der Waals surface area contributed by atoms with Gasteiger partial charge in [-0.05, 0) is 24.3 Å². The first-order valence-corrected chi connectivity index (χ1v) is 7.68. The van der Waals surface area contributed by atoms with E-state index in [1.54, 1.807) is 24.5 Å². The van der Waals surface area contributed by atoms with Crippen LogP contribution >= 0.6 is 0 Å². The summed E-state index contributed by atoms with van der Waals surface area (Å²) in [5.41, 5.74) is 2.01. The first kappa shape index (κ1) is 16.0. The molecule has 0 saturated carbocycles. The molecule has 0 spiro atoms. The van der Waals surface area contributed by atoms with Crippen LogP contribution in [0.3, 0.4) is 0 Å². The van der Waals surface area contributed by atoms with Gasteiger partial charge >= 0.3 is 0 Å². The molecule has 0 fully saturated rings. The van der Waals surface area contributed by atoms with Gasteiger partial charge in [-0.15, -0.1) is 0 Å². The molecule has 0 unspecified atom stereocenters. The van der Waals surface area contributed by atoms with Crippen molar-refractivity contribution in [2.75, 3.05) is 7.11 Å². The summed E-state index contributed by atoms with van der Waals surface area (Å²) in [6, 6.07) is 9.00. The van der Waals surface area contributed by atoms with Crippen molar-refractivity contribution in [2.45, 2.75) is 0 Å². The second kappa shape index (κ2) is 6.11. The van der Waals surface area contributed by atoms with Gasteiger partial charge in [0.25, 0.3) is 0 Å². The fraction of sp³-hybridized carbons (Fsp3) is 0.0526. The van der Waals surface area contributed by atoms with Gasteiger partial charge in [-0.3, -0.25) is 9.78 Å². The second-order valence-corrected chi connectivity index (χ2v) is 5.57. The highest BCUT2D eigenvalue weighted by Gasteiger charge is 2.19. The highest BCUT2D eigenvalue weighted by molar-refractivity contribution is 5.92. The van der Waals surface area contributed by atoms with E-state index in [-0.39, 0.29) is 22.6 Å². The van der Waals surface area contributed by atoms with Crippen LogP contribution in [0.1, 0.15) is 0 Å². The Bertz CT molecular complexity index is 1160. The molecule has 0 aliphatic rings. The second-order valence-electron chi connectivity index (χ2n) is 5.57. The van der Waals surface area contributed by atoms with E-state index in [4.69, 9.17) is 9.15 Å². The molecular weight excluding hydrogens is 342 g/mol. The number of hydrogen-bond donors (Lipinski definition) is 1. The molecule has 130 valence electrons. The molecular formula is C19H12F2N2O3. The fourth-order valence-corrected chi connectivity index (χ4v) is 2.76. The number of furan rings is 1. The summed E-state index contributed by atoms with van der Waals surface area (Å²) < 4.78 is 38.9. The van der Waals surface area contributed by atoms with E-state index in [0.29, 0.717) is 22.2 Å². The van der Waals surface area contributed by atoms with Crippen molar-refractivity contribution >= 4 is 11.1 Å². The Morgan fingerprint density at radius 3 is 2.65 bits per heavy atom. The van der Waals surface area contributed by atoms with Crippen molar-refractivity contribution in [3.8, 4) is 28.2 Å². The van der Waals surface area contributed by atoms with Crippen molar-refractivity contribution in [1.29, 1.82) is 0 Å². The number of aromatic amines is 1. The zero-order chi connectivity index (χ0) is 18.3. The number of aromatic nitrogens is 2. The Morgan fingerprint density at radius 2 is 1.92 bits per heavy atom. The SMILES string of the molecule is COc1ccc(-c2cc3nccc(-c4ccc(=O)[nH]c4)c3o2)c(F)c1F. The smallest absolute Gasteiger partial charge is 0.247 e. The van der Waals surface area contributed by atoms with Gasteiger partial charge in [0.2, 0.25) is 11.4 Å². The number of H-pyrrole nitrogens is 1. The zero-order valence-corrected chi connectivity index (χ0v) is 13.5. The van der Waals surface area contributed by atoms with E-state index < -0.39 is 11.6 Å². The third-order valence-corrected chi connectivity index (χ3v) is 4.04. The Morgan fingerprint density at radius 1 is 1.08 bits per heavy atom. The van der Waals surface area contributed by atoms with Gasteiger partial charge < -0.3 is 14.1 Å². The number of hydrogen-bond acceptors (Lipinski definition) is 4. The highest BCUT2D eigenvalue weighted by atomic mass is 19.2. The molecule has 0 amide bonds. The standard InChI is InChI=1S/C19H12F2N2O3/c1-25-14-4-3-12(17(20)18(14)21)15-8-13-19(26-15)11(6-7-22-13)10-2-5-16(24)23-9-10/h2-9H,1H3,(H,23,24). The van der Waals surface area contributed by atoms with Gasteiger partial charge in [-0.2, -0.15) is 4.39 Å². The number of benzene rings is 1. The molecule has 1 N–H and O–H groups in total. The molecule has 0 saturated heterocycles. The summed E-state index contributed by atoms with van der Waals surface area (Å²) in [5.74, 6) is -2.19. The molecule has 0 radical (unpaired) electrons. The first-order chi connectivity index (χ1) is 12.6. The molecule has 0 bridgehead atoms. The summed E-state index contributed by atoms with van der Waals surface area (Å²) in [6.07, 6.45) is 3.12. The number of halogens is 2. The van der Waals surface area contributed by atoms with E-state index in [2.05, 4.69) is 9.97 Å². The van der Waals surface area contributed by atoms with Crippen LogP contribution in [-0.4, -0.2) is 17.1 Å². The molecule has 3 heterocycles. The van der Waals surface area contributed by atoms with E-state index >= 15 is 0 Å². The Kier molecular flexibility index (Phi) is 3.76. The molecule has 4 rings (SSSR count). The molecule has 0 aliphatic heterocycles. The maximum Gasteiger partial charge on any atom is 0.247 e. The minimum atomic E-state index is -1.08. The van der Waals surface area contributed by atoms with Crippen LogP contribution < -0.4 is 10.3 Å². The van der Waals surface area contributed by atoms with Gasteiger partial charge in [0.15, 0.2) is 17.1 Å². The maximum atomic E-state index is 14.4. The van der Waals surface area contributed by atoms with E-state index in [1.165, 1.54) is 31.4 Å². The fourth-order valence-electron chi connectivity index (χ4n) is 2.76. The largest absolute Gasteiger partial charge is 0.494 e. The van der Waals surface area contributed by atoms with E-state index in [0.717, 1.165) is 0 Å². The normalized spacial score (nSPS) is 11.0. The number of nitrogens with zero attached hydrogens (tertiary/aromatic N) is 1. The summed E-state index contributed by atoms with van der Waals surface area (Å²) in [5, 5.41) is 0. The zero-order valence-electron chi connectivity index (χ0n) is 13.5. The average molecular weight is 354 g/mol. The van der Waals surface area contributed by atoms with Crippen molar-refractivity contribution in [3.05, 3.63) is 70.8 Å². The molecule has 7 heteroatoms. The van der Waals surface area contributed by atoms with Crippen molar-refractivity contribution in [3.63, 3.8) is 0 Å². The summed E-state index contributed by atoms with van der Waals surface area (Å²) in [6.45, 7) is 0. The number of methoxy groups -OCH3 is 1. The lowest BCUT2D eigenvalue weighted by atomic mass is 10.1. The lowest BCUT2D eigenvalue weighted by Crippen LogP contribution is -2.01. The summed E-state index contributed by atoms with van der Waals surface area (Å²) >= 11 is 0. The van der Waals surface area contributed by atoms with Crippen molar-refractivity contribution in [1.82, 2.24) is 9.97 Å². The van der Waals surface area contributed by atoms with Gasteiger partial charge in [0.1, 0.15) is 11.3 Å². The van der Waals surface area contributed by atoms with E-state index in [9.17, 15) is 13.6 Å². The first-order valence-electron chi connectivity index (χ1n) is 7.68. The maximum absolute atomic E-state index is 14.4. The molecule has 3 aromatic heterocycles. The quantitative estimate of drug-likeness (QED) is 0.600. The Hall–Kier alpha value is -3.48. The topological polar surface area (TPSA) is 68.1 Å². The highest BCUT2D eigenvalue weighted by Crippen LogP contribution is 2.36.